The number of carbonyl (C=O) groups is 1. The molecule has 1 aromatic heterocycles. The van der Waals surface area contributed by atoms with Crippen molar-refractivity contribution in [3.8, 4) is 6.07 Å². The number of halogens is 4. The third-order valence-electron chi connectivity index (χ3n) is 7.85. The van der Waals surface area contributed by atoms with Crippen molar-refractivity contribution in [2.45, 2.75) is 59.0 Å². The molecule has 1 heterocycles. The maximum Gasteiger partial charge on any atom is 0.416 e. The number of nitrogens with zero attached hydrogens (tertiary/aromatic N) is 4. The quantitative estimate of drug-likeness (QED) is 0.117. The first-order chi connectivity index (χ1) is 22.3. The molecule has 7 nitrogen and oxygen atoms in total. The van der Waals surface area contributed by atoms with Gasteiger partial charge < -0.3 is 20.5 Å². The summed E-state index contributed by atoms with van der Waals surface area (Å²) in [5.74, 6) is -0.934. The summed E-state index contributed by atoms with van der Waals surface area (Å²) in [6.45, 7) is 5.90. The zero-order valence-corrected chi connectivity index (χ0v) is 27.8. The first-order valence-electron chi connectivity index (χ1n) is 15.0. The third-order valence-corrected chi connectivity index (χ3v) is 8.59. The van der Waals surface area contributed by atoms with Gasteiger partial charge in [0.15, 0.2) is 5.11 Å². The number of thiocarbonyl (C=S) groups is 1. The van der Waals surface area contributed by atoms with E-state index in [2.05, 4.69) is 16.4 Å². The molecule has 4 aromatic rings. The van der Waals surface area contributed by atoms with E-state index in [0.717, 1.165) is 17.2 Å². The van der Waals surface area contributed by atoms with Crippen molar-refractivity contribution >= 4 is 40.4 Å². The SMILES string of the molecule is Cc1ccc(NC(=S)N(Cc2ccccc2C(F)(F)F)C(N)[C@H](CC(C)C)C(=O)Cc2cncn2Cc2ccc(C#N)cc2)cc1Cl. The van der Waals surface area contributed by atoms with E-state index in [0.29, 0.717) is 34.9 Å². The van der Waals surface area contributed by atoms with Crippen LogP contribution in [0.1, 0.15) is 53.8 Å². The van der Waals surface area contributed by atoms with Crippen molar-refractivity contribution in [2.24, 2.45) is 17.6 Å². The van der Waals surface area contributed by atoms with Gasteiger partial charge in [0.2, 0.25) is 0 Å². The van der Waals surface area contributed by atoms with Gasteiger partial charge in [-0.25, -0.2) is 4.98 Å². The number of Topliss-reactive ketones (excluding diaryl/α,β-unsaturated/α-hetero) is 1. The number of nitrogens with one attached hydrogen (secondary N) is 1. The fraction of sp³-hybridized carbons (Fsp3) is 0.314. The van der Waals surface area contributed by atoms with Crippen LogP contribution in [0.3, 0.4) is 0 Å². The average molecular weight is 681 g/mol. The van der Waals surface area contributed by atoms with Gasteiger partial charge in [0.25, 0.3) is 0 Å². The molecule has 0 saturated heterocycles. The topological polar surface area (TPSA) is 100.0 Å². The Balaban J connectivity index is 1.65. The number of rotatable bonds is 12. The largest absolute Gasteiger partial charge is 0.416 e. The number of nitriles is 1. The number of hydrogen-bond donors (Lipinski definition) is 2. The monoisotopic (exact) mass is 680 g/mol. The van der Waals surface area contributed by atoms with Gasteiger partial charge in [0.1, 0.15) is 5.78 Å². The van der Waals surface area contributed by atoms with E-state index in [-0.39, 0.29) is 35.3 Å². The lowest BCUT2D eigenvalue weighted by Crippen LogP contribution is -2.53. The molecule has 0 amide bonds. The smallest absolute Gasteiger partial charge is 0.333 e. The number of ketones is 1. The second-order valence-corrected chi connectivity index (χ2v) is 12.7. The van der Waals surface area contributed by atoms with E-state index in [4.69, 9.17) is 34.8 Å². The van der Waals surface area contributed by atoms with Gasteiger partial charge in [-0.1, -0.05) is 61.8 Å². The standard InChI is InChI=1S/C35H36ClF3N6OS/c1-22(2)14-29(32(46)16-28-18-42-21-44(28)19-25-11-9-24(17-40)10-12-25)33(41)45(20-26-6-4-5-7-30(26)35(37,38)39)34(47)43-27-13-8-23(3)31(36)15-27/h4-13,15,18,21-22,29,33H,14,16,19-20,41H2,1-3H3,(H,43,47)/t29-,33?/m1/s1. The Morgan fingerprint density at radius 2 is 1.85 bits per heavy atom. The summed E-state index contributed by atoms with van der Waals surface area (Å²) in [7, 11) is 0. The molecule has 3 N–H and O–H groups in total. The number of aromatic nitrogens is 2. The number of imidazole rings is 1. The van der Waals surface area contributed by atoms with E-state index in [1.165, 1.54) is 23.1 Å². The lowest BCUT2D eigenvalue weighted by atomic mass is 9.88. The maximum absolute atomic E-state index is 14.1. The fourth-order valence-electron chi connectivity index (χ4n) is 5.31. The van der Waals surface area contributed by atoms with Crippen LogP contribution in [0.15, 0.2) is 79.3 Å². The van der Waals surface area contributed by atoms with Crippen molar-refractivity contribution in [1.29, 1.82) is 5.26 Å². The average Bonchev–Trinajstić information content (AvgIpc) is 3.46. The minimum atomic E-state index is -4.60. The van der Waals surface area contributed by atoms with E-state index >= 15 is 0 Å². The summed E-state index contributed by atoms with van der Waals surface area (Å²) < 4.78 is 44.0. The summed E-state index contributed by atoms with van der Waals surface area (Å²) in [5.41, 5.74) is 9.53. The summed E-state index contributed by atoms with van der Waals surface area (Å²) in [6.07, 6.45) is -2.05. The maximum atomic E-state index is 14.1. The predicted molar refractivity (Wildman–Crippen MR) is 182 cm³/mol. The number of anilines is 1. The zero-order valence-electron chi connectivity index (χ0n) is 26.3. The van der Waals surface area contributed by atoms with Gasteiger partial charge in [-0.3, -0.25) is 4.79 Å². The van der Waals surface area contributed by atoms with Crippen LogP contribution >= 0.6 is 23.8 Å². The van der Waals surface area contributed by atoms with Crippen LogP contribution < -0.4 is 11.1 Å². The van der Waals surface area contributed by atoms with Crippen LogP contribution in [0.4, 0.5) is 18.9 Å². The first kappa shape index (κ1) is 35.6. The molecule has 0 fully saturated rings. The van der Waals surface area contributed by atoms with Crippen molar-refractivity contribution in [2.75, 3.05) is 5.32 Å². The minimum absolute atomic E-state index is 0.00209. The molecule has 12 heteroatoms. The van der Waals surface area contributed by atoms with E-state index in [1.54, 1.807) is 42.9 Å². The van der Waals surface area contributed by atoms with Gasteiger partial charge in [-0.2, -0.15) is 18.4 Å². The van der Waals surface area contributed by atoms with Crippen LogP contribution in [0.2, 0.25) is 5.02 Å². The van der Waals surface area contributed by atoms with Crippen LogP contribution in [0.5, 0.6) is 0 Å². The van der Waals surface area contributed by atoms with Gasteiger partial charge in [-0.05, 0) is 78.5 Å². The molecule has 0 aliphatic heterocycles. The second-order valence-electron chi connectivity index (χ2n) is 11.9. The number of aryl methyl sites for hydroxylation is 1. The Morgan fingerprint density at radius 3 is 2.49 bits per heavy atom. The van der Waals surface area contributed by atoms with Crippen molar-refractivity contribution in [3.05, 3.63) is 118 Å². The van der Waals surface area contributed by atoms with Crippen LogP contribution in [-0.4, -0.2) is 31.5 Å². The van der Waals surface area contributed by atoms with Crippen LogP contribution in [0, 0.1) is 30.1 Å². The van der Waals surface area contributed by atoms with E-state index < -0.39 is 23.8 Å². The molecule has 1 unspecified atom stereocenters. The molecule has 0 aliphatic rings. The molecular weight excluding hydrogens is 645 g/mol. The van der Waals surface area contributed by atoms with Crippen molar-refractivity contribution in [3.63, 3.8) is 0 Å². The Bertz CT molecular complexity index is 1750. The van der Waals surface area contributed by atoms with Gasteiger partial charge in [-0.15, -0.1) is 0 Å². The van der Waals surface area contributed by atoms with Gasteiger partial charge in [0, 0.05) is 42.1 Å². The molecule has 0 spiro atoms. The first-order valence-corrected chi connectivity index (χ1v) is 15.8. The predicted octanol–water partition coefficient (Wildman–Crippen LogP) is 7.74. The number of alkyl halides is 3. The number of carbonyl (C=O) groups excluding carboxylic acids is 1. The van der Waals surface area contributed by atoms with Crippen molar-refractivity contribution < 1.29 is 18.0 Å². The second kappa shape index (κ2) is 15.6. The summed E-state index contributed by atoms with van der Waals surface area (Å²) in [6, 6.07) is 19.7. The molecule has 2 atom stereocenters. The van der Waals surface area contributed by atoms with Crippen LogP contribution in [0.25, 0.3) is 0 Å². The molecule has 3 aromatic carbocycles. The highest BCUT2D eigenvalue weighted by Crippen LogP contribution is 2.33. The highest BCUT2D eigenvalue weighted by molar-refractivity contribution is 7.80. The Hall–Kier alpha value is -4.24. The Morgan fingerprint density at radius 1 is 1.15 bits per heavy atom. The number of benzene rings is 3. The highest BCUT2D eigenvalue weighted by Gasteiger charge is 2.36. The van der Waals surface area contributed by atoms with Gasteiger partial charge >= 0.3 is 6.18 Å². The molecule has 47 heavy (non-hydrogen) atoms. The number of nitrogens with two attached hydrogens (primary N) is 1. The number of hydrogen-bond acceptors (Lipinski definition) is 5. The summed E-state index contributed by atoms with van der Waals surface area (Å²) in [4.78, 5) is 19.8. The molecule has 246 valence electrons. The normalized spacial score (nSPS) is 12.8. The minimum Gasteiger partial charge on any atom is -0.333 e. The van der Waals surface area contributed by atoms with E-state index in [1.807, 2.05) is 37.5 Å². The molecule has 4 rings (SSSR count). The van der Waals surface area contributed by atoms with Gasteiger partial charge in [0.05, 0.1) is 35.6 Å². The lowest BCUT2D eigenvalue weighted by molar-refractivity contribution is -0.138. The lowest BCUT2D eigenvalue weighted by Gasteiger charge is -2.37. The highest BCUT2D eigenvalue weighted by atomic mass is 35.5. The van der Waals surface area contributed by atoms with Crippen LogP contribution in [-0.2, 0) is 30.5 Å². The van der Waals surface area contributed by atoms with E-state index in [9.17, 15) is 18.0 Å². The van der Waals surface area contributed by atoms with Crippen molar-refractivity contribution in [1.82, 2.24) is 14.5 Å². The molecule has 0 radical (unpaired) electrons. The fourth-order valence-corrected chi connectivity index (χ4v) is 5.80. The third kappa shape index (κ3) is 9.41. The Kier molecular flexibility index (Phi) is 11.8. The zero-order chi connectivity index (χ0) is 34.3. The summed E-state index contributed by atoms with van der Waals surface area (Å²) in [5, 5.41) is 12.7. The molecule has 0 bridgehead atoms. The summed E-state index contributed by atoms with van der Waals surface area (Å²) >= 11 is 12.1. The molecule has 0 aliphatic carbocycles. The Labute approximate surface area is 283 Å². The molecular formula is C35H36ClF3N6OS. The molecule has 0 saturated carbocycles.